The first-order valence-electron chi connectivity index (χ1n) is 5.14. The van der Waals surface area contributed by atoms with Gasteiger partial charge in [0.25, 0.3) is 0 Å². The Bertz CT molecular complexity index is 356. The Morgan fingerprint density at radius 2 is 2.36 bits per heavy atom. The number of aryl methyl sites for hydroxylation is 1. The lowest BCUT2D eigenvalue weighted by atomic mass is 10.1. The molecule has 1 aliphatic carbocycles. The van der Waals surface area contributed by atoms with Crippen LogP contribution >= 0.6 is 0 Å². The molecule has 1 aliphatic rings. The summed E-state index contributed by atoms with van der Waals surface area (Å²) in [5.74, 6) is 1.57. The molecule has 0 aromatic carbocycles. The smallest absolute Gasteiger partial charge is 0.133 e. The highest BCUT2D eigenvalue weighted by Gasteiger charge is 2.52. The highest BCUT2D eigenvalue weighted by molar-refractivity contribution is 5.83. The number of rotatable bonds is 3. The summed E-state index contributed by atoms with van der Waals surface area (Å²) in [6.07, 6.45) is 5.00. The van der Waals surface area contributed by atoms with E-state index >= 15 is 0 Å². The van der Waals surface area contributed by atoms with Gasteiger partial charge in [-0.05, 0) is 18.4 Å². The summed E-state index contributed by atoms with van der Waals surface area (Å²) < 4.78 is 1.80. The van der Waals surface area contributed by atoms with E-state index in [0.717, 1.165) is 6.42 Å². The molecule has 0 bridgehead atoms. The summed E-state index contributed by atoms with van der Waals surface area (Å²) in [5.41, 5.74) is 1.22. The van der Waals surface area contributed by atoms with Crippen molar-refractivity contribution in [1.29, 1.82) is 0 Å². The Labute approximate surface area is 84.1 Å². The Morgan fingerprint density at radius 3 is 2.71 bits per heavy atom. The first kappa shape index (κ1) is 9.44. The minimum Gasteiger partial charge on any atom is -0.300 e. The number of hydrogen-bond donors (Lipinski definition) is 0. The molecule has 3 nitrogen and oxygen atoms in total. The fourth-order valence-corrected chi connectivity index (χ4v) is 2.50. The van der Waals surface area contributed by atoms with Gasteiger partial charge in [0.1, 0.15) is 5.78 Å². The van der Waals surface area contributed by atoms with Gasteiger partial charge in [0.15, 0.2) is 0 Å². The van der Waals surface area contributed by atoms with Crippen LogP contribution in [0.15, 0.2) is 12.4 Å². The Hall–Kier alpha value is -1.12. The molecule has 1 saturated carbocycles. The second-order valence-electron chi connectivity index (χ2n) is 4.18. The molecule has 3 heteroatoms. The predicted molar refractivity (Wildman–Crippen MR) is 53.9 cm³/mol. The van der Waals surface area contributed by atoms with Crippen molar-refractivity contribution in [3.63, 3.8) is 0 Å². The molecular weight excluding hydrogens is 176 g/mol. The van der Waals surface area contributed by atoms with Crippen molar-refractivity contribution in [3.05, 3.63) is 18.0 Å². The van der Waals surface area contributed by atoms with Gasteiger partial charge in [0.2, 0.25) is 0 Å². The van der Waals surface area contributed by atoms with E-state index in [1.807, 2.05) is 19.4 Å². The van der Waals surface area contributed by atoms with Crippen LogP contribution in [-0.2, 0) is 11.8 Å². The monoisotopic (exact) mass is 192 g/mol. The van der Waals surface area contributed by atoms with Gasteiger partial charge in [0.05, 0.1) is 6.20 Å². The van der Waals surface area contributed by atoms with Crippen molar-refractivity contribution in [1.82, 2.24) is 9.78 Å². The highest BCUT2D eigenvalue weighted by atomic mass is 16.1. The Kier molecular flexibility index (Phi) is 2.17. The first-order valence-corrected chi connectivity index (χ1v) is 5.14. The van der Waals surface area contributed by atoms with Gasteiger partial charge in [-0.25, -0.2) is 0 Å². The van der Waals surface area contributed by atoms with Crippen LogP contribution in [0, 0.1) is 11.8 Å². The fraction of sp³-hybridized carbons (Fsp3) is 0.636. The lowest BCUT2D eigenvalue weighted by molar-refractivity contribution is -0.118. The molecule has 2 rings (SSSR count). The molecule has 0 radical (unpaired) electrons. The molecule has 3 atom stereocenters. The van der Waals surface area contributed by atoms with Crippen LogP contribution in [-0.4, -0.2) is 15.6 Å². The molecule has 1 aromatic heterocycles. The molecule has 3 unspecified atom stereocenters. The average molecular weight is 192 g/mol. The summed E-state index contributed by atoms with van der Waals surface area (Å²) in [5, 5.41) is 4.15. The normalized spacial score (nSPS) is 30.4. The largest absolute Gasteiger partial charge is 0.300 e. The maximum Gasteiger partial charge on any atom is 0.133 e. The molecule has 14 heavy (non-hydrogen) atoms. The van der Waals surface area contributed by atoms with Crippen LogP contribution in [0.3, 0.4) is 0 Å². The van der Waals surface area contributed by atoms with Gasteiger partial charge in [-0.1, -0.05) is 13.3 Å². The Morgan fingerprint density at radius 1 is 1.64 bits per heavy atom. The molecule has 0 N–H and O–H groups in total. The highest BCUT2D eigenvalue weighted by Crippen LogP contribution is 2.55. The second-order valence-corrected chi connectivity index (χ2v) is 4.18. The van der Waals surface area contributed by atoms with Crippen molar-refractivity contribution in [2.24, 2.45) is 18.9 Å². The van der Waals surface area contributed by atoms with E-state index < -0.39 is 0 Å². The zero-order valence-corrected chi connectivity index (χ0v) is 8.90. The van der Waals surface area contributed by atoms with Crippen molar-refractivity contribution >= 4 is 5.78 Å². The van der Waals surface area contributed by atoms with Crippen LogP contribution in [0.1, 0.15) is 31.7 Å². The number of hydrogen-bond acceptors (Lipinski definition) is 2. The van der Waals surface area contributed by atoms with Gasteiger partial charge in [-0.3, -0.25) is 9.48 Å². The molecule has 1 fully saturated rings. The van der Waals surface area contributed by atoms with Crippen molar-refractivity contribution in [3.8, 4) is 0 Å². The third-order valence-electron chi connectivity index (χ3n) is 3.22. The van der Waals surface area contributed by atoms with Crippen molar-refractivity contribution in [2.45, 2.75) is 26.2 Å². The minimum atomic E-state index is 0.254. The molecule has 1 heterocycles. The number of nitrogens with zero attached hydrogens (tertiary/aromatic N) is 2. The molecule has 76 valence electrons. The molecule has 0 amide bonds. The standard InChI is InChI=1S/C11H16N2O/c1-4-9-10(7(2)14)11(9)8-5-12-13(3)6-8/h5-6,9-11H,4H2,1-3H3. The number of aromatic nitrogens is 2. The predicted octanol–water partition coefficient (Wildman–Crippen LogP) is 1.75. The van der Waals surface area contributed by atoms with Crippen LogP contribution in [0.5, 0.6) is 0 Å². The zero-order valence-electron chi connectivity index (χ0n) is 8.90. The van der Waals surface area contributed by atoms with E-state index in [1.165, 1.54) is 5.56 Å². The van der Waals surface area contributed by atoms with Gasteiger partial charge >= 0.3 is 0 Å². The number of carbonyl (C=O) groups excluding carboxylic acids is 1. The number of ketones is 1. The van der Waals surface area contributed by atoms with E-state index in [4.69, 9.17) is 0 Å². The fourth-order valence-electron chi connectivity index (χ4n) is 2.50. The summed E-state index contributed by atoms with van der Waals surface area (Å²) in [7, 11) is 1.91. The Balaban J connectivity index is 2.17. The number of Topliss-reactive ketones (excluding diaryl/α,β-unsaturated/α-hetero) is 1. The van der Waals surface area contributed by atoms with Gasteiger partial charge in [-0.15, -0.1) is 0 Å². The molecule has 1 aromatic rings. The number of carbonyl (C=O) groups is 1. The third kappa shape index (κ3) is 1.37. The van der Waals surface area contributed by atoms with Crippen LogP contribution < -0.4 is 0 Å². The van der Waals surface area contributed by atoms with Crippen molar-refractivity contribution in [2.75, 3.05) is 0 Å². The second kappa shape index (κ2) is 3.23. The van der Waals surface area contributed by atoms with Crippen molar-refractivity contribution < 1.29 is 4.79 Å². The van der Waals surface area contributed by atoms with E-state index in [-0.39, 0.29) is 5.92 Å². The van der Waals surface area contributed by atoms with E-state index in [9.17, 15) is 4.79 Å². The molecular formula is C11H16N2O. The van der Waals surface area contributed by atoms with E-state index in [2.05, 4.69) is 12.0 Å². The molecule has 0 aliphatic heterocycles. The molecule has 0 saturated heterocycles. The maximum absolute atomic E-state index is 11.3. The van der Waals surface area contributed by atoms with E-state index in [1.54, 1.807) is 11.6 Å². The average Bonchev–Trinajstić information content (AvgIpc) is 2.74. The van der Waals surface area contributed by atoms with Gasteiger partial charge in [0, 0.05) is 25.1 Å². The zero-order chi connectivity index (χ0) is 10.3. The first-order chi connectivity index (χ1) is 6.65. The van der Waals surface area contributed by atoms with Crippen LogP contribution in [0.25, 0.3) is 0 Å². The topological polar surface area (TPSA) is 34.9 Å². The lowest BCUT2D eigenvalue weighted by Gasteiger charge is -1.90. The summed E-state index contributed by atoms with van der Waals surface area (Å²) in [6, 6.07) is 0. The quantitative estimate of drug-likeness (QED) is 0.731. The maximum atomic E-state index is 11.3. The summed E-state index contributed by atoms with van der Waals surface area (Å²) in [4.78, 5) is 11.3. The molecule has 0 spiro atoms. The van der Waals surface area contributed by atoms with Gasteiger partial charge in [-0.2, -0.15) is 5.10 Å². The van der Waals surface area contributed by atoms with Gasteiger partial charge < -0.3 is 0 Å². The van der Waals surface area contributed by atoms with Crippen LogP contribution in [0.4, 0.5) is 0 Å². The van der Waals surface area contributed by atoms with Crippen LogP contribution in [0.2, 0.25) is 0 Å². The SMILES string of the molecule is CCC1C(C(C)=O)C1c1cnn(C)c1. The van der Waals surface area contributed by atoms with E-state index in [0.29, 0.717) is 17.6 Å². The minimum absolute atomic E-state index is 0.254. The summed E-state index contributed by atoms with van der Waals surface area (Å²) in [6.45, 7) is 3.85. The third-order valence-corrected chi connectivity index (χ3v) is 3.22. The summed E-state index contributed by atoms with van der Waals surface area (Å²) >= 11 is 0. The lowest BCUT2D eigenvalue weighted by Crippen LogP contribution is -1.95.